The molecule has 0 bridgehead atoms. The molecule has 0 aliphatic carbocycles. The summed E-state index contributed by atoms with van der Waals surface area (Å²) in [7, 11) is 0. The second kappa shape index (κ2) is 19.9. The van der Waals surface area contributed by atoms with Gasteiger partial charge in [-0.1, -0.05) is 48.5 Å². The van der Waals surface area contributed by atoms with Gasteiger partial charge in [-0.15, -0.1) is 0 Å². The van der Waals surface area contributed by atoms with Crippen molar-refractivity contribution in [3.63, 3.8) is 0 Å². The Morgan fingerprint density at radius 2 is 1.42 bits per heavy atom. The van der Waals surface area contributed by atoms with E-state index in [9.17, 15) is 37.1 Å². The van der Waals surface area contributed by atoms with Gasteiger partial charge in [-0.25, -0.2) is 14.5 Å². The average molecular weight is 911 g/mol. The van der Waals surface area contributed by atoms with E-state index in [1.54, 1.807) is 51.1 Å². The number of benzene rings is 3. The first-order valence-corrected chi connectivity index (χ1v) is 22.1. The van der Waals surface area contributed by atoms with Crippen molar-refractivity contribution < 1.29 is 41.5 Å². The molecule has 0 saturated carbocycles. The van der Waals surface area contributed by atoms with Crippen molar-refractivity contribution in [3.8, 4) is 11.1 Å². The Bertz CT molecular complexity index is 2670. The molecule has 346 valence electrons. The van der Waals surface area contributed by atoms with Crippen molar-refractivity contribution in [2.45, 2.75) is 63.8 Å². The van der Waals surface area contributed by atoms with E-state index in [0.717, 1.165) is 12.8 Å². The third kappa shape index (κ3) is 11.1. The standard InChI is InChI=1S/C48H50F4N8O6/c1-30(61)54-42-26-34(33-6-4-5-32(23-33)27-48(50,51)52)28-53-44(42)47(65)59-17-13-36(14-18-59)66-35-11-15-57(16-12-35)29-43(62)58-19-21-60(22-20-58)46(64)39-24-31(9-10-40(39)49)25-41-37-7-2-3-8-38(37)45(63)56-55-41/h2-10,23-24,26,28,35-36H,11-22,25,27,29H2,1H3,(H,54,61)(H,56,63). The van der Waals surface area contributed by atoms with Crippen LogP contribution in [0.3, 0.4) is 0 Å². The highest BCUT2D eigenvalue weighted by atomic mass is 19.4. The number of halogens is 4. The lowest BCUT2D eigenvalue weighted by Gasteiger charge is -2.38. The number of amides is 4. The number of H-pyrrole nitrogens is 1. The van der Waals surface area contributed by atoms with Gasteiger partial charge in [0.05, 0.1) is 47.5 Å². The third-order valence-corrected chi connectivity index (χ3v) is 12.4. The zero-order valence-corrected chi connectivity index (χ0v) is 36.4. The molecule has 3 aromatic carbocycles. The molecule has 0 spiro atoms. The third-order valence-electron chi connectivity index (χ3n) is 12.4. The number of anilines is 1. The van der Waals surface area contributed by atoms with E-state index in [1.165, 1.54) is 43.5 Å². The number of hydrogen-bond acceptors (Lipinski definition) is 9. The maximum absolute atomic E-state index is 15.0. The van der Waals surface area contributed by atoms with E-state index in [1.807, 2.05) is 6.07 Å². The molecule has 3 fully saturated rings. The zero-order valence-electron chi connectivity index (χ0n) is 36.4. The highest BCUT2D eigenvalue weighted by Gasteiger charge is 2.32. The summed E-state index contributed by atoms with van der Waals surface area (Å²) in [6, 6.07) is 19.0. The molecular weight excluding hydrogens is 861 g/mol. The molecular formula is C48H50F4N8O6. The number of nitrogens with zero attached hydrogens (tertiary/aromatic N) is 6. The smallest absolute Gasteiger partial charge is 0.375 e. The first-order valence-electron chi connectivity index (χ1n) is 22.1. The Labute approximate surface area is 377 Å². The highest BCUT2D eigenvalue weighted by molar-refractivity contribution is 6.02. The number of fused-ring (bicyclic) bond motifs is 1. The number of aromatic nitrogens is 3. The minimum Gasteiger partial charge on any atom is -0.375 e. The quantitative estimate of drug-likeness (QED) is 0.155. The molecule has 5 aromatic rings. The van der Waals surface area contributed by atoms with E-state index in [-0.39, 0.29) is 78.1 Å². The number of likely N-dealkylation sites (tertiary alicyclic amines) is 2. The predicted molar refractivity (Wildman–Crippen MR) is 237 cm³/mol. The van der Waals surface area contributed by atoms with Crippen LogP contribution in [0.15, 0.2) is 83.8 Å². The SMILES string of the molecule is CC(=O)Nc1cc(-c2cccc(CC(F)(F)F)c2)cnc1C(=O)N1CCC(OC2CCN(CC(=O)N3CCN(C(=O)c4cc(Cc5n[nH]c(=O)c6ccccc56)ccc4F)CC3)CC2)CC1. The van der Waals surface area contributed by atoms with Crippen molar-refractivity contribution in [1.82, 2.24) is 34.8 Å². The van der Waals surface area contributed by atoms with E-state index in [4.69, 9.17) is 4.74 Å². The van der Waals surface area contributed by atoms with E-state index in [2.05, 4.69) is 25.4 Å². The topological polar surface area (TPSA) is 161 Å². The highest BCUT2D eigenvalue weighted by Crippen LogP contribution is 2.30. The number of piperazine rings is 1. The number of carbonyl (C=O) groups excluding carboxylic acids is 4. The van der Waals surface area contributed by atoms with Crippen LogP contribution in [0.5, 0.6) is 0 Å². The lowest BCUT2D eigenvalue weighted by Crippen LogP contribution is -2.53. The van der Waals surface area contributed by atoms with Gasteiger partial charge in [0, 0.05) is 82.8 Å². The van der Waals surface area contributed by atoms with Crippen molar-refractivity contribution in [3.05, 3.63) is 123 Å². The van der Waals surface area contributed by atoms with Crippen molar-refractivity contribution >= 4 is 40.1 Å². The summed E-state index contributed by atoms with van der Waals surface area (Å²) >= 11 is 0. The van der Waals surface area contributed by atoms with Gasteiger partial charge in [-0.05, 0) is 66.6 Å². The van der Waals surface area contributed by atoms with Crippen molar-refractivity contribution in [1.29, 1.82) is 0 Å². The van der Waals surface area contributed by atoms with Crippen LogP contribution in [0, 0.1) is 5.82 Å². The Kier molecular flexibility index (Phi) is 13.9. The van der Waals surface area contributed by atoms with Gasteiger partial charge in [0.2, 0.25) is 11.8 Å². The number of carbonyl (C=O) groups is 4. The Morgan fingerprint density at radius 1 is 0.758 bits per heavy atom. The van der Waals surface area contributed by atoms with Crippen LogP contribution >= 0.6 is 0 Å². The summed E-state index contributed by atoms with van der Waals surface area (Å²) in [6.07, 6.45) is -1.13. The zero-order chi connectivity index (χ0) is 46.5. The molecule has 4 amide bonds. The average Bonchev–Trinajstić information content (AvgIpc) is 3.30. The molecule has 3 aliphatic heterocycles. The molecule has 3 saturated heterocycles. The van der Waals surface area contributed by atoms with E-state index in [0.29, 0.717) is 85.3 Å². The molecule has 0 unspecified atom stereocenters. The normalized spacial score (nSPS) is 16.7. The van der Waals surface area contributed by atoms with Gasteiger partial charge in [0.25, 0.3) is 17.4 Å². The number of pyridine rings is 1. The van der Waals surface area contributed by atoms with Gasteiger partial charge in [-0.2, -0.15) is 18.3 Å². The monoisotopic (exact) mass is 910 g/mol. The van der Waals surface area contributed by atoms with Crippen molar-refractivity contribution in [2.24, 2.45) is 0 Å². The summed E-state index contributed by atoms with van der Waals surface area (Å²) in [5.74, 6) is -1.91. The number of rotatable bonds is 11. The van der Waals surface area contributed by atoms with Crippen LogP contribution in [-0.4, -0.2) is 136 Å². The molecule has 0 atom stereocenters. The molecule has 18 heteroatoms. The van der Waals surface area contributed by atoms with Gasteiger partial charge >= 0.3 is 6.18 Å². The molecule has 66 heavy (non-hydrogen) atoms. The Balaban J connectivity index is 0.772. The Morgan fingerprint density at radius 3 is 2.12 bits per heavy atom. The summed E-state index contributed by atoms with van der Waals surface area (Å²) in [5.41, 5.74) is 2.15. The van der Waals surface area contributed by atoms with E-state index < -0.39 is 30.2 Å². The van der Waals surface area contributed by atoms with Gasteiger partial charge < -0.3 is 24.8 Å². The molecule has 5 heterocycles. The molecule has 2 N–H and O–H groups in total. The van der Waals surface area contributed by atoms with Crippen molar-refractivity contribution in [2.75, 3.05) is 64.2 Å². The van der Waals surface area contributed by atoms with Gasteiger partial charge in [-0.3, -0.25) is 28.9 Å². The summed E-state index contributed by atoms with van der Waals surface area (Å²) in [5, 5.41) is 10.6. The lowest BCUT2D eigenvalue weighted by molar-refractivity contribution is -0.135. The maximum atomic E-state index is 15.0. The summed E-state index contributed by atoms with van der Waals surface area (Å²) < 4.78 is 60.6. The fourth-order valence-electron chi connectivity index (χ4n) is 8.96. The minimum atomic E-state index is -4.37. The number of aromatic amines is 1. The summed E-state index contributed by atoms with van der Waals surface area (Å²) in [4.78, 5) is 76.4. The second-order valence-electron chi connectivity index (χ2n) is 17.1. The fourth-order valence-corrected chi connectivity index (χ4v) is 8.96. The number of piperidine rings is 2. The summed E-state index contributed by atoms with van der Waals surface area (Å²) in [6.45, 7) is 4.91. The second-order valence-corrected chi connectivity index (χ2v) is 17.1. The van der Waals surface area contributed by atoms with E-state index >= 15 is 4.39 Å². The molecule has 3 aliphatic rings. The van der Waals surface area contributed by atoms with Crippen LogP contribution < -0.4 is 10.9 Å². The number of hydrogen-bond donors (Lipinski definition) is 2. The van der Waals surface area contributed by atoms with Gasteiger partial charge in [0.1, 0.15) is 5.82 Å². The first-order chi connectivity index (χ1) is 31.7. The van der Waals surface area contributed by atoms with Crippen LogP contribution in [-0.2, 0) is 27.2 Å². The van der Waals surface area contributed by atoms with Crippen LogP contribution in [0.25, 0.3) is 21.9 Å². The number of alkyl halides is 3. The lowest BCUT2D eigenvalue weighted by atomic mass is 10.0. The van der Waals surface area contributed by atoms with Crippen LogP contribution in [0.2, 0.25) is 0 Å². The first kappa shape index (κ1) is 46.0. The molecule has 0 radical (unpaired) electrons. The molecule has 8 rings (SSSR count). The van der Waals surface area contributed by atoms with Gasteiger partial charge in [0.15, 0.2) is 5.69 Å². The number of nitrogens with one attached hydrogen (secondary N) is 2. The Hall–Kier alpha value is -6.53. The van der Waals surface area contributed by atoms with Crippen LogP contribution in [0.4, 0.5) is 23.2 Å². The largest absolute Gasteiger partial charge is 0.393 e. The van der Waals surface area contributed by atoms with Crippen LogP contribution in [0.1, 0.15) is 70.3 Å². The maximum Gasteiger partial charge on any atom is 0.393 e. The minimum absolute atomic E-state index is 0.000365. The predicted octanol–water partition coefficient (Wildman–Crippen LogP) is 5.85. The fraction of sp³-hybridized carbons (Fsp3) is 0.396. The molecule has 2 aromatic heterocycles. The molecule has 14 nitrogen and oxygen atoms in total. The number of ether oxygens (including phenoxy) is 1.